The lowest BCUT2D eigenvalue weighted by Crippen LogP contribution is -2.44. The molecule has 0 saturated heterocycles. The van der Waals surface area contributed by atoms with Crippen LogP contribution in [0.4, 0.5) is 10.5 Å². The molecule has 3 rings (SSSR count). The molecule has 0 bridgehead atoms. The summed E-state index contributed by atoms with van der Waals surface area (Å²) in [6, 6.07) is 15.1. The highest BCUT2D eigenvalue weighted by atomic mass is 16.5. The minimum Gasteiger partial charge on any atom is -0.445 e. The molecule has 3 N–H and O–H groups in total. The van der Waals surface area contributed by atoms with Gasteiger partial charge in [-0.3, -0.25) is 4.79 Å². The molecule has 3 unspecified atom stereocenters. The van der Waals surface area contributed by atoms with E-state index in [2.05, 4.69) is 29.8 Å². The second-order valence-electron chi connectivity index (χ2n) is 7.08. The molecule has 28 heavy (non-hydrogen) atoms. The quantitative estimate of drug-likeness (QED) is 0.735. The van der Waals surface area contributed by atoms with Crippen molar-refractivity contribution in [3.8, 4) is 0 Å². The van der Waals surface area contributed by atoms with Crippen LogP contribution in [-0.4, -0.2) is 25.1 Å². The number of fused-ring (bicyclic) bond motifs is 1. The number of alkyl carbamates (subject to hydrolysis) is 1. The summed E-state index contributed by atoms with van der Waals surface area (Å²) >= 11 is 0. The average Bonchev–Trinajstić information content (AvgIpc) is 2.73. The molecule has 3 atom stereocenters. The molecular weight excluding hydrogens is 354 g/mol. The smallest absolute Gasteiger partial charge is 0.407 e. The fourth-order valence-electron chi connectivity index (χ4n) is 3.66. The van der Waals surface area contributed by atoms with Crippen molar-refractivity contribution < 1.29 is 14.3 Å². The van der Waals surface area contributed by atoms with Crippen molar-refractivity contribution in [3.63, 3.8) is 0 Å². The largest absolute Gasteiger partial charge is 0.445 e. The second kappa shape index (κ2) is 8.78. The number of nitrogens with one attached hydrogen (secondary N) is 3. The minimum atomic E-state index is -0.464. The van der Waals surface area contributed by atoms with E-state index in [-0.39, 0.29) is 30.5 Å². The molecule has 0 aromatic heterocycles. The molecule has 0 radical (unpaired) electrons. The van der Waals surface area contributed by atoms with Crippen LogP contribution in [0.1, 0.15) is 47.8 Å². The lowest BCUT2D eigenvalue weighted by molar-refractivity contribution is 0.0963. The predicted octanol–water partition coefficient (Wildman–Crippen LogP) is 3.85. The highest BCUT2D eigenvalue weighted by Crippen LogP contribution is 2.38. The van der Waals surface area contributed by atoms with Gasteiger partial charge in [-0.2, -0.15) is 0 Å². The third-order valence-electron chi connectivity index (χ3n) is 5.30. The van der Waals surface area contributed by atoms with Gasteiger partial charge in [0.05, 0.1) is 6.04 Å². The SMILES string of the molecule is CCC1Nc2ccc(C(=O)NC)cc2C(NC(=O)OCc2ccccc2)C1C. The lowest BCUT2D eigenvalue weighted by Gasteiger charge is -2.39. The number of hydrogen-bond acceptors (Lipinski definition) is 4. The molecule has 2 amide bonds. The molecule has 6 nitrogen and oxygen atoms in total. The normalized spacial score (nSPS) is 20.5. The molecule has 0 spiro atoms. The van der Waals surface area contributed by atoms with E-state index in [0.717, 1.165) is 23.2 Å². The van der Waals surface area contributed by atoms with E-state index in [0.29, 0.717) is 5.56 Å². The maximum absolute atomic E-state index is 12.5. The van der Waals surface area contributed by atoms with Crippen LogP contribution in [0.25, 0.3) is 0 Å². The van der Waals surface area contributed by atoms with Crippen molar-refractivity contribution >= 4 is 17.7 Å². The van der Waals surface area contributed by atoms with Gasteiger partial charge < -0.3 is 20.7 Å². The molecule has 2 aromatic carbocycles. The third-order valence-corrected chi connectivity index (χ3v) is 5.30. The van der Waals surface area contributed by atoms with Gasteiger partial charge in [0.15, 0.2) is 0 Å². The first-order valence-corrected chi connectivity index (χ1v) is 9.63. The summed E-state index contributed by atoms with van der Waals surface area (Å²) in [5.41, 5.74) is 3.33. The van der Waals surface area contributed by atoms with Crippen LogP contribution in [-0.2, 0) is 11.3 Å². The lowest BCUT2D eigenvalue weighted by atomic mass is 9.82. The van der Waals surface area contributed by atoms with Crippen LogP contribution in [0.2, 0.25) is 0 Å². The highest BCUT2D eigenvalue weighted by molar-refractivity contribution is 5.94. The van der Waals surface area contributed by atoms with Gasteiger partial charge in [0.2, 0.25) is 0 Å². The van der Waals surface area contributed by atoms with Gasteiger partial charge in [0.25, 0.3) is 5.91 Å². The van der Waals surface area contributed by atoms with Gasteiger partial charge in [-0.25, -0.2) is 4.79 Å². The van der Waals surface area contributed by atoms with E-state index in [4.69, 9.17) is 4.74 Å². The Bertz CT molecular complexity index is 838. The monoisotopic (exact) mass is 381 g/mol. The Morgan fingerprint density at radius 2 is 1.89 bits per heavy atom. The van der Waals surface area contributed by atoms with Gasteiger partial charge in [-0.05, 0) is 35.7 Å². The molecule has 0 aliphatic carbocycles. The summed E-state index contributed by atoms with van der Waals surface area (Å²) in [7, 11) is 1.60. The number of hydrogen-bond donors (Lipinski definition) is 3. The summed E-state index contributed by atoms with van der Waals surface area (Å²) in [4.78, 5) is 24.5. The van der Waals surface area contributed by atoms with E-state index >= 15 is 0 Å². The standard InChI is InChI=1S/C22H27N3O3/c1-4-18-14(2)20(25-22(27)28-13-15-8-6-5-7-9-15)17-12-16(21(26)23-3)10-11-19(17)24-18/h5-12,14,18,20,24H,4,13H2,1-3H3,(H,23,26)(H,25,27). The Balaban J connectivity index is 1.79. The molecule has 1 aliphatic rings. The number of carbonyl (C=O) groups excluding carboxylic acids is 2. The molecular formula is C22H27N3O3. The van der Waals surface area contributed by atoms with E-state index in [9.17, 15) is 9.59 Å². The predicted molar refractivity (Wildman–Crippen MR) is 109 cm³/mol. The fourth-order valence-corrected chi connectivity index (χ4v) is 3.66. The summed E-state index contributed by atoms with van der Waals surface area (Å²) in [5, 5.41) is 9.17. The highest BCUT2D eigenvalue weighted by Gasteiger charge is 2.34. The Kier molecular flexibility index (Phi) is 6.19. The Hall–Kier alpha value is -3.02. The fraction of sp³-hybridized carbons (Fsp3) is 0.364. The van der Waals surface area contributed by atoms with Gasteiger partial charge in [0.1, 0.15) is 6.61 Å². The zero-order valence-electron chi connectivity index (χ0n) is 16.5. The number of amides is 2. The van der Waals surface area contributed by atoms with Crippen LogP contribution in [0.3, 0.4) is 0 Å². The van der Waals surface area contributed by atoms with Crippen LogP contribution in [0.5, 0.6) is 0 Å². The van der Waals surface area contributed by atoms with E-state index in [1.165, 1.54) is 0 Å². The second-order valence-corrected chi connectivity index (χ2v) is 7.08. The molecule has 6 heteroatoms. The summed E-state index contributed by atoms with van der Waals surface area (Å²) < 4.78 is 5.41. The topological polar surface area (TPSA) is 79.5 Å². The van der Waals surface area contributed by atoms with Crippen LogP contribution < -0.4 is 16.0 Å². The van der Waals surface area contributed by atoms with E-state index in [1.807, 2.05) is 42.5 Å². The average molecular weight is 381 g/mol. The van der Waals surface area contributed by atoms with Crippen molar-refractivity contribution in [2.24, 2.45) is 5.92 Å². The first kappa shape index (κ1) is 19.7. The number of anilines is 1. The Labute approximate surface area is 165 Å². The van der Waals surface area contributed by atoms with Gasteiger partial charge in [-0.15, -0.1) is 0 Å². The van der Waals surface area contributed by atoms with Crippen molar-refractivity contribution in [1.29, 1.82) is 0 Å². The zero-order chi connectivity index (χ0) is 20.1. The molecule has 1 heterocycles. The van der Waals surface area contributed by atoms with Gasteiger partial charge in [0, 0.05) is 30.3 Å². The molecule has 0 fully saturated rings. The summed E-state index contributed by atoms with van der Waals surface area (Å²) in [5.74, 6) is -0.0137. The number of rotatable bonds is 5. The van der Waals surface area contributed by atoms with Crippen molar-refractivity contribution in [2.75, 3.05) is 12.4 Å². The van der Waals surface area contributed by atoms with Crippen LogP contribution in [0, 0.1) is 5.92 Å². The van der Waals surface area contributed by atoms with Gasteiger partial charge >= 0.3 is 6.09 Å². The minimum absolute atomic E-state index is 0.140. The Morgan fingerprint density at radius 3 is 2.57 bits per heavy atom. The first-order valence-electron chi connectivity index (χ1n) is 9.63. The van der Waals surface area contributed by atoms with Crippen molar-refractivity contribution in [1.82, 2.24) is 10.6 Å². The number of carbonyl (C=O) groups is 2. The third kappa shape index (κ3) is 4.27. The van der Waals surface area contributed by atoms with E-state index < -0.39 is 6.09 Å². The maximum Gasteiger partial charge on any atom is 0.407 e. The van der Waals surface area contributed by atoms with Crippen molar-refractivity contribution in [2.45, 2.75) is 39.0 Å². The van der Waals surface area contributed by atoms with Crippen LogP contribution in [0.15, 0.2) is 48.5 Å². The first-order chi connectivity index (χ1) is 13.5. The Morgan fingerprint density at radius 1 is 1.14 bits per heavy atom. The van der Waals surface area contributed by atoms with Crippen LogP contribution >= 0.6 is 0 Å². The molecule has 2 aromatic rings. The summed E-state index contributed by atoms with van der Waals surface area (Å²) in [6.07, 6.45) is 0.462. The number of benzene rings is 2. The molecule has 0 saturated carbocycles. The molecule has 148 valence electrons. The maximum atomic E-state index is 12.5. The number of ether oxygens (including phenoxy) is 1. The molecule has 1 aliphatic heterocycles. The summed E-state index contributed by atoms with van der Waals surface area (Å²) in [6.45, 7) is 4.43. The van der Waals surface area contributed by atoms with E-state index in [1.54, 1.807) is 13.1 Å². The van der Waals surface area contributed by atoms with Gasteiger partial charge in [-0.1, -0.05) is 44.2 Å². The van der Waals surface area contributed by atoms with Crippen molar-refractivity contribution in [3.05, 3.63) is 65.2 Å². The zero-order valence-corrected chi connectivity index (χ0v) is 16.5.